The Morgan fingerprint density at radius 3 is 1.56 bits per heavy atom. The minimum Gasteiger partial charge on any atom is -0.406 e. The van der Waals surface area contributed by atoms with Crippen molar-refractivity contribution >= 4 is 17.0 Å². The Kier molecular flexibility index (Phi) is 4.67. The minimum atomic E-state index is -1.54. The summed E-state index contributed by atoms with van der Waals surface area (Å²) in [5.74, 6) is 0. The van der Waals surface area contributed by atoms with E-state index in [2.05, 4.69) is 22.2 Å². The average molecular weight is 289 g/mol. The van der Waals surface area contributed by atoms with E-state index in [0.29, 0.717) is 0 Å². The second kappa shape index (κ2) is 5.72. The third-order valence-corrected chi connectivity index (χ3v) is 12.9. The maximum absolute atomic E-state index is 5.83. The molecule has 0 aromatic carbocycles. The molecule has 2 rings (SSSR count). The maximum atomic E-state index is 5.83. The van der Waals surface area contributed by atoms with Crippen molar-refractivity contribution in [3.63, 3.8) is 0 Å². The summed E-state index contributed by atoms with van der Waals surface area (Å²) in [6, 6.07) is 2.59. The lowest BCUT2D eigenvalue weighted by Crippen LogP contribution is -2.54. The summed E-state index contributed by atoms with van der Waals surface area (Å²) in [5, 5.41) is 0. The molecule has 18 heavy (non-hydrogen) atoms. The van der Waals surface area contributed by atoms with E-state index in [1.54, 1.807) is 0 Å². The zero-order chi connectivity index (χ0) is 13.2. The van der Waals surface area contributed by atoms with Crippen LogP contribution in [0, 0.1) is 0 Å². The van der Waals surface area contributed by atoms with Crippen molar-refractivity contribution in [2.75, 3.05) is 40.4 Å². The first-order chi connectivity index (χ1) is 8.54. The van der Waals surface area contributed by atoms with E-state index in [1.807, 2.05) is 14.2 Å². The Bertz CT molecular complexity index is 267. The van der Waals surface area contributed by atoms with Crippen molar-refractivity contribution in [2.24, 2.45) is 0 Å². The molecule has 2 aliphatic rings. The number of nitrogens with zero attached hydrogens (tertiary/aromatic N) is 2. The Morgan fingerprint density at radius 1 is 0.833 bits per heavy atom. The van der Waals surface area contributed by atoms with E-state index < -0.39 is 17.0 Å². The van der Waals surface area contributed by atoms with Crippen molar-refractivity contribution in [1.82, 2.24) is 9.13 Å². The lowest BCUT2D eigenvalue weighted by atomic mass is 10.4. The van der Waals surface area contributed by atoms with Crippen molar-refractivity contribution in [1.29, 1.82) is 0 Å². The van der Waals surface area contributed by atoms with Gasteiger partial charge in [0.1, 0.15) is 0 Å². The van der Waals surface area contributed by atoms with Gasteiger partial charge in [0.15, 0.2) is 0 Å². The number of hydrogen-bond donors (Lipinski definition) is 0. The molecular formula is C12H28N2O2Si2. The van der Waals surface area contributed by atoms with Crippen LogP contribution in [0.4, 0.5) is 0 Å². The van der Waals surface area contributed by atoms with Crippen LogP contribution in [0.5, 0.6) is 0 Å². The summed E-state index contributed by atoms with van der Waals surface area (Å²) in [6.07, 6.45) is 2.63. The zero-order valence-electron chi connectivity index (χ0n) is 12.4. The van der Waals surface area contributed by atoms with Crippen LogP contribution in [0.25, 0.3) is 0 Å². The molecular weight excluding hydrogens is 260 g/mol. The molecule has 0 amide bonds. The Labute approximate surface area is 114 Å². The van der Waals surface area contributed by atoms with Gasteiger partial charge < -0.3 is 18.0 Å². The Balaban J connectivity index is 1.88. The summed E-state index contributed by atoms with van der Waals surface area (Å²) in [5.41, 5.74) is 0. The fourth-order valence-corrected chi connectivity index (χ4v) is 8.98. The van der Waals surface area contributed by atoms with E-state index in [1.165, 1.54) is 51.1 Å². The highest BCUT2D eigenvalue weighted by atomic mass is 28.4. The maximum Gasteiger partial charge on any atom is 0.267 e. The predicted octanol–water partition coefficient (Wildman–Crippen LogP) is 1.83. The van der Waals surface area contributed by atoms with E-state index in [-0.39, 0.29) is 0 Å². The fraction of sp³-hybridized carbons (Fsp3) is 1.00. The molecule has 106 valence electrons. The van der Waals surface area contributed by atoms with Gasteiger partial charge in [-0.05, 0) is 51.1 Å². The molecule has 0 saturated carbocycles. The number of rotatable bonds is 5. The van der Waals surface area contributed by atoms with Crippen molar-refractivity contribution < 1.29 is 8.85 Å². The molecule has 0 N–H and O–H groups in total. The minimum absolute atomic E-state index is 1.17. The lowest BCUT2D eigenvalue weighted by Gasteiger charge is -2.36. The monoisotopic (exact) mass is 288 g/mol. The molecule has 0 radical (unpaired) electrons. The molecule has 2 aliphatic heterocycles. The van der Waals surface area contributed by atoms with Gasteiger partial charge in [-0.25, -0.2) is 0 Å². The molecule has 0 spiro atoms. The molecule has 2 unspecified atom stereocenters. The molecule has 0 aliphatic carbocycles. The van der Waals surface area contributed by atoms with E-state index in [0.717, 1.165) is 0 Å². The highest BCUT2D eigenvalue weighted by molar-refractivity contribution is 6.71. The molecule has 2 atom stereocenters. The first kappa shape index (κ1) is 14.7. The molecule has 0 aromatic heterocycles. The van der Waals surface area contributed by atoms with E-state index >= 15 is 0 Å². The largest absolute Gasteiger partial charge is 0.406 e. The first-order valence-corrected chi connectivity index (χ1v) is 12.3. The van der Waals surface area contributed by atoms with Gasteiger partial charge in [0.05, 0.1) is 0 Å². The summed E-state index contributed by atoms with van der Waals surface area (Å²) < 4.78 is 16.9. The molecule has 2 heterocycles. The third-order valence-electron chi connectivity index (χ3n) is 4.99. The molecule has 2 saturated heterocycles. The van der Waals surface area contributed by atoms with Crippen LogP contribution in [0.15, 0.2) is 0 Å². The lowest BCUT2D eigenvalue weighted by molar-refractivity contribution is 0.274. The first-order valence-electron chi connectivity index (χ1n) is 7.14. The van der Waals surface area contributed by atoms with Crippen LogP contribution in [0.2, 0.25) is 25.2 Å². The van der Waals surface area contributed by atoms with Gasteiger partial charge in [0.2, 0.25) is 0 Å². The second-order valence-corrected chi connectivity index (χ2v) is 13.7. The van der Waals surface area contributed by atoms with Crippen LogP contribution in [0.3, 0.4) is 0 Å². The topological polar surface area (TPSA) is 24.9 Å². The summed E-state index contributed by atoms with van der Waals surface area (Å²) in [6.45, 7) is 9.52. The second-order valence-electron chi connectivity index (χ2n) is 5.94. The SMILES string of the molecule is CO[Si]1(C)CCCN1CCN1CCC[Si]1(C)OC. The summed E-state index contributed by atoms with van der Waals surface area (Å²) in [7, 11) is 0.721. The molecule has 0 bridgehead atoms. The predicted molar refractivity (Wildman–Crippen MR) is 79.2 cm³/mol. The summed E-state index contributed by atoms with van der Waals surface area (Å²) in [4.78, 5) is 0. The smallest absolute Gasteiger partial charge is 0.267 e. The standard InChI is InChI=1S/C12H28N2O2Si2/c1-15-17(3)11-5-7-13(17)9-10-14-8-6-12-18(14,4)16-2/h5-12H2,1-4H3. The van der Waals surface area contributed by atoms with E-state index in [4.69, 9.17) is 8.85 Å². The van der Waals surface area contributed by atoms with Gasteiger partial charge in [-0.1, -0.05) is 0 Å². The molecule has 4 nitrogen and oxygen atoms in total. The highest BCUT2D eigenvalue weighted by Crippen LogP contribution is 2.29. The van der Waals surface area contributed by atoms with Gasteiger partial charge in [-0.2, -0.15) is 0 Å². The van der Waals surface area contributed by atoms with Gasteiger partial charge in [-0.3, -0.25) is 0 Å². The van der Waals surface area contributed by atoms with Crippen LogP contribution in [-0.2, 0) is 8.85 Å². The van der Waals surface area contributed by atoms with Crippen LogP contribution in [-0.4, -0.2) is 66.5 Å². The molecule has 0 aromatic rings. The molecule has 6 heteroatoms. The Hall–Kier alpha value is 0.274. The normalized spacial score (nSPS) is 38.7. The third kappa shape index (κ3) is 2.73. The van der Waals surface area contributed by atoms with Gasteiger partial charge in [-0.15, -0.1) is 0 Å². The van der Waals surface area contributed by atoms with Crippen LogP contribution >= 0.6 is 0 Å². The fourth-order valence-electron chi connectivity index (χ4n) is 3.39. The van der Waals surface area contributed by atoms with Crippen molar-refractivity contribution in [2.45, 2.75) is 38.0 Å². The highest BCUT2D eigenvalue weighted by Gasteiger charge is 2.43. The van der Waals surface area contributed by atoms with E-state index in [9.17, 15) is 0 Å². The molecule has 2 fully saturated rings. The van der Waals surface area contributed by atoms with Crippen LogP contribution < -0.4 is 0 Å². The van der Waals surface area contributed by atoms with Gasteiger partial charge in [0, 0.05) is 27.3 Å². The van der Waals surface area contributed by atoms with Gasteiger partial charge in [0.25, 0.3) is 17.0 Å². The zero-order valence-corrected chi connectivity index (χ0v) is 14.4. The number of hydrogen-bond acceptors (Lipinski definition) is 4. The van der Waals surface area contributed by atoms with Gasteiger partial charge >= 0.3 is 0 Å². The average Bonchev–Trinajstić information content (AvgIpc) is 2.92. The van der Waals surface area contributed by atoms with Crippen molar-refractivity contribution in [3.05, 3.63) is 0 Å². The quantitative estimate of drug-likeness (QED) is 0.721. The Morgan fingerprint density at radius 2 is 1.22 bits per heavy atom. The van der Waals surface area contributed by atoms with Crippen molar-refractivity contribution in [3.8, 4) is 0 Å². The van der Waals surface area contributed by atoms with Crippen LogP contribution in [0.1, 0.15) is 12.8 Å². The summed E-state index contributed by atoms with van der Waals surface area (Å²) >= 11 is 0.